The highest BCUT2D eigenvalue weighted by molar-refractivity contribution is 5.81. The molecule has 1 unspecified atom stereocenters. The fraction of sp³-hybridized carbons (Fsp3) is 0.647. The van der Waals surface area contributed by atoms with Gasteiger partial charge in [0.2, 0.25) is 5.88 Å². The Morgan fingerprint density at radius 2 is 2.23 bits per heavy atom. The van der Waals surface area contributed by atoms with Crippen molar-refractivity contribution < 1.29 is 14.3 Å². The van der Waals surface area contributed by atoms with Gasteiger partial charge in [-0.15, -0.1) is 0 Å². The van der Waals surface area contributed by atoms with Gasteiger partial charge in [0.25, 0.3) is 5.91 Å². The van der Waals surface area contributed by atoms with Crippen molar-refractivity contribution in [2.75, 3.05) is 26.3 Å². The van der Waals surface area contributed by atoms with Crippen LogP contribution >= 0.6 is 0 Å². The van der Waals surface area contributed by atoms with Gasteiger partial charge in [0, 0.05) is 31.5 Å². The molecule has 2 aliphatic rings. The zero-order valence-corrected chi connectivity index (χ0v) is 13.2. The maximum Gasteiger partial charge on any atom is 0.251 e. The number of hydrogen-bond acceptors (Lipinski definition) is 4. The van der Waals surface area contributed by atoms with Gasteiger partial charge in [0.1, 0.15) is 6.10 Å². The van der Waals surface area contributed by atoms with E-state index in [4.69, 9.17) is 9.47 Å². The maximum atomic E-state index is 12.3. The van der Waals surface area contributed by atoms with E-state index >= 15 is 0 Å². The Kier molecular flexibility index (Phi) is 4.93. The smallest absolute Gasteiger partial charge is 0.251 e. The van der Waals surface area contributed by atoms with Crippen LogP contribution in [0.15, 0.2) is 18.3 Å². The van der Waals surface area contributed by atoms with Crippen molar-refractivity contribution in [3.8, 4) is 5.88 Å². The van der Waals surface area contributed by atoms with Gasteiger partial charge in [-0.2, -0.15) is 0 Å². The number of carbonyl (C=O) groups is 1. The molecule has 1 aromatic rings. The Balaban J connectivity index is 1.44. The second-order valence-corrected chi connectivity index (χ2v) is 6.21. The summed E-state index contributed by atoms with van der Waals surface area (Å²) >= 11 is 0. The Bertz CT molecular complexity index is 506. The van der Waals surface area contributed by atoms with E-state index in [2.05, 4.69) is 4.98 Å². The minimum atomic E-state index is -0.191. The molecular formula is C17H24N2O3. The number of hydrogen-bond donors (Lipinski definition) is 0. The van der Waals surface area contributed by atoms with Crippen LogP contribution in [-0.4, -0.2) is 48.2 Å². The van der Waals surface area contributed by atoms with Crippen molar-refractivity contribution in [3.63, 3.8) is 0 Å². The number of amides is 1. The van der Waals surface area contributed by atoms with E-state index < -0.39 is 0 Å². The highest BCUT2D eigenvalue weighted by Gasteiger charge is 2.30. The first-order valence-corrected chi connectivity index (χ1v) is 8.19. The molecule has 0 aromatic carbocycles. The Labute approximate surface area is 131 Å². The number of nitrogens with zero attached hydrogens (tertiary/aromatic N) is 2. The molecule has 0 bridgehead atoms. The summed E-state index contributed by atoms with van der Waals surface area (Å²) in [5, 5.41) is 0. The summed E-state index contributed by atoms with van der Waals surface area (Å²) in [6.45, 7) is 5.04. The number of carbonyl (C=O) groups excluding carboxylic acids is 1. The molecule has 2 aliphatic heterocycles. The van der Waals surface area contributed by atoms with Crippen LogP contribution < -0.4 is 4.74 Å². The van der Waals surface area contributed by atoms with Gasteiger partial charge in [0.15, 0.2) is 0 Å². The van der Waals surface area contributed by atoms with Gasteiger partial charge in [0.05, 0.1) is 6.61 Å². The van der Waals surface area contributed by atoms with Crippen LogP contribution in [0.3, 0.4) is 0 Å². The van der Waals surface area contributed by atoms with Crippen molar-refractivity contribution in [2.24, 2.45) is 5.92 Å². The first kappa shape index (κ1) is 15.3. The lowest BCUT2D eigenvalue weighted by molar-refractivity contribution is -0.142. The lowest BCUT2D eigenvalue weighted by atomic mass is 9.97. The van der Waals surface area contributed by atoms with Crippen LogP contribution in [0.1, 0.15) is 31.2 Å². The zero-order chi connectivity index (χ0) is 15.4. The van der Waals surface area contributed by atoms with Crippen LogP contribution in [0.25, 0.3) is 0 Å². The van der Waals surface area contributed by atoms with Gasteiger partial charge >= 0.3 is 0 Å². The maximum absolute atomic E-state index is 12.3. The van der Waals surface area contributed by atoms with Gasteiger partial charge < -0.3 is 14.4 Å². The SMILES string of the molecule is Cc1cccnc1OCC1CCN(C(=O)C2CCCO2)CC1. The predicted octanol–water partition coefficient (Wildman–Crippen LogP) is 2.19. The van der Waals surface area contributed by atoms with Crippen molar-refractivity contribution in [1.82, 2.24) is 9.88 Å². The minimum Gasteiger partial charge on any atom is -0.477 e. The molecule has 2 saturated heterocycles. The highest BCUT2D eigenvalue weighted by atomic mass is 16.5. The summed E-state index contributed by atoms with van der Waals surface area (Å²) in [6, 6.07) is 3.92. The molecule has 0 aliphatic carbocycles. The molecule has 3 rings (SSSR count). The lowest BCUT2D eigenvalue weighted by Crippen LogP contribution is -2.44. The van der Waals surface area contributed by atoms with Crippen LogP contribution in [0.2, 0.25) is 0 Å². The molecule has 0 radical (unpaired) electrons. The molecule has 0 saturated carbocycles. The van der Waals surface area contributed by atoms with Crippen molar-refractivity contribution in [2.45, 2.75) is 38.7 Å². The molecule has 3 heterocycles. The molecule has 120 valence electrons. The summed E-state index contributed by atoms with van der Waals surface area (Å²) < 4.78 is 11.3. The third kappa shape index (κ3) is 3.58. The third-order valence-corrected chi connectivity index (χ3v) is 4.55. The first-order chi connectivity index (χ1) is 10.7. The van der Waals surface area contributed by atoms with Crippen LogP contribution in [-0.2, 0) is 9.53 Å². The number of pyridine rings is 1. The second-order valence-electron chi connectivity index (χ2n) is 6.21. The Morgan fingerprint density at radius 3 is 2.91 bits per heavy atom. The van der Waals surface area contributed by atoms with E-state index in [0.717, 1.165) is 56.8 Å². The average Bonchev–Trinajstić information content (AvgIpc) is 3.08. The number of rotatable bonds is 4. The highest BCUT2D eigenvalue weighted by Crippen LogP contribution is 2.22. The van der Waals surface area contributed by atoms with E-state index in [0.29, 0.717) is 12.5 Å². The molecule has 1 amide bonds. The van der Waals surface area contributed by atoms with Crippen molar-refractivity contribution >= 4 is 5.91 Å². The summed E-state index contributed by atoms with van der Waals surface area (Å²) in [5.74, 6) is 1.40. The number of ether oxygens (including phenoxy) is 2. The molecule has 5 heteroatoms. The average molecular weight is 304 g/mol. The third-order valence-electron chi connectivity index (χ3n) is 4.55. The fourth-order valence-electron chi connectivity index (χ4n) is 3.12. The first-order valence-electron chi connectivity index (χ1n) is 8.19. The molecule has 0 N–H and O–H groups in total. The van der Waals surface area contributed by atoms with Crippen molar-refractivity contribution in [1.29, 1.82) is 0 Å². The topological polar surface area (TPSA) is 51.7 Å². The largest absolute Gasteiger partial charge is 0.477 e. The van der Waals surface area contributed by atoms with E-state index in [1.54, 1.807) is 6.20 Å². The van der Waals surface area contributed by atoms with Gasteiger partial charge in [-0.25, -0.2) is 4.98 Å². The van der Waals surface area contributed by atoms with Gasteiger partial charge in [-0.1, -0.05) is 6.07 Å². The number of likely N-dealkylation sites (tertiary alicyclic amines) is 1. The van der Waals surface area contributed by atoms with Crippen LogP contribution in [0, 0.1) is 12.8 Å². The summed E-state index contributed by atoms with van der Waals surface area (Å²) in [4.78, 5) is 18.5. The Hall–Kier alpha value is -1.62. The summed E-state index contributed by atoms with van der Waals surface area (Å²) in [6.07, 6.45) is 5.43. The molecule has 1 aromatic heterocycles. The Morgan fingerprint density at radius 1 is 1.41 bits per heavy atom. The molecule has 2 fully saturated rings. The van der Waals surface area contributed by atoms with Gasteiger partial charge in [-0.3, -0.25) is 4.79 Å². The van der Waals surface area contributed by atoms with Crippen molar-refractivity contribution in [3.05, 3.63) is 23.9 Å². The van der Waals surface area contributed by atoms with E-state index in [9.17, 15) is 4.79 Å². The molecule has 1 atom stereocenters. The quantitative estimate of drug-likeness (QED) is 0.855. The summed E-state index contributed by atoms with van der Waals surface area (Å²) in [7, 11) is 0. The van der Waals surface area contributed by atoms with E-state index in [-0.39, 0.29) is 12.0 Å². The van der Waals surface area contributed by atoms with Crippen LogP contribution in [0.5, 0.6) is 5.88 Å². The number of piperidine rings is 1. The number of aromatic nitrogens is 1. The summed E-state index contributed by atoms with van der Waals surface area (Å²) in [5.41, 5.74) is 1.06. The molecular weight excluding hydrogens is 280 g/mol. The fourth-order valence-corrected chi connectivity index (χ4v) is 3.12. The van der Waals surface area contributed by atoms with E-state index in [1.807, 2.05) is 24.0 Å². The zero-order valence-electron chi connectivity index (χ0n) is 13.2. The van der Waals surface area contributed by atoms with Gasteiger partial charge in [-0.05, 0) is 44.6 Å². The normalized spacial score (nSPS) is 22.8. The molecule has 22 heavy (non-hydrogen) atoms. The van der Waals surface area contributed by atoms with E-state index in [1.165, 1.54) is 0 Å². The lowest BCUT2D eigenvalue weighted by Gasteiger charge is -2.33. The molecule has 0 spiro atoms. The number of aryl methyl sites for hydroxylation is 1. The van der Waals surface area contributed by atoms with Crippen LogP contribution in [0.4, 0.5) is 0 Å². The minimum absolute atomic E-state index is 0.178. The predicted molar refractivity (Wildman–Crippen MR) is 82.7 cm³/mol. The monoisotopic (exact) mass is 304 g/mol. The molecule has 5 nitrogen and oxygen atoms in total. The standard InChI is InChI=1S/C17H24N2O3/c1-13-4-2-8-18-16(13)22-12-14-6-9-19(10-7-14)17(20)15-5-3-11-21-15/h2,4,8,14-15H,3,5-7,9-12H2,1H3. The second kappa shape index (κ2) is 7.09.